The van der Waals surface area contributed by atoms with Gasteiger partial charge in [-0.2, -0.15) is 12.6 Å². The van der Waals surface area contributed by atoms with E-state index in [0.717, 1.165) is 16.5 Å². The van der Waals surface area contributed by atoms with Gasteiger partial charge in [0.25, 0.3) is 0 Å². The Morgan fingerprint density at radius 2 is 2.23 bits per heavy atom. The van der Waals surface area contributed by atoms with E-state index in [1.165, 1.54) is 0 Å². The van der Waals surface area contributed by atoms with Gasteiger partial charge in [0.05, 0.1) is 7.11 Å². The highest BCUT2D eigenvalue weighted by atomic mass is 32.1. The molecule has 0 aliphatic rings. The summed E-state index contributed by atoms with van der Waals surface area (Å²) in [4.78, 5) is 26.0. The third kappa shape index (κ3) is 3.73. The van der Waals surface area contributed by atoms with Crippen molar-refractivity contribution in [3.05, 3.63) is 30.0 Å². The van der Waals surface area contributed by atoms with E-state index in [4.69, 9.17) is 4.74 Å². The molecule has 2 aromatic rings. The minimum absolute atomic E-state index is 0.189. The highest BCUT2D eigenvalue weighted by Crippen LogP contribution is 2.24. The second-order valence-corrected chi connectivity index (χ2v) is 5.31. The standard InChI is InChI=1S/C15H18N2O4S/c1-21-10-2-3-12-11(7-10)9(8-16-12)6-13(15(19)20)17-14(18)4-5-22/h2-3,7-8,13,16,22H,4-6H2,1H3,(H,17,18)(H,19,20). The van der Waals surface area contributed by atoms with E-state index < -0.39 is 12.0 Å². The van der Waals surface area contributed by atoms with Crippen molar-refractivity contribution in [3.63, 3.8) is 0 Å². The van der Waals surface area contributed by atoms with Crippen molar-refractivity contribution in [1.29, 1.82) is 0 Å². The van der Waals surface area contributed by atoms with Crippen LogP contribution >= 0.6 is 12.6 Å². The molecule has 2 rings (SSSR count). The van der Waals surface area contributed by atoms with Gasteiger partial charge in [0.1, 0.15) is 11.8 Å². The Morgan fingerprint density at radius 1 is 1.45 bits per heavy atom. The number of carboxylic acid groups (broad SMARTS) is 1. The minimum Gasteiger partial charge on any atom is -0.497 e. The number of methoxy groups -OCH3 is 1. The fraction of sp³-hybridized carbons (Fsp3) is 0.333. The van der Waals surface area contributed by atoms with Crippen LogP contribution in [0.25, 0.3) is 10.9 Å². The number of ether oxygens (including phenoxy) is 1. The first-order chi connectivity index (χ1) is 10.5. The number of carbonyl (C=O) groups excluding carboxylic acids is 1. The second-order valence-electron chi connectivity index (χ2n) is 4.86. The number of fused-ring (bicyclic) bond motifs is 1. The molecule has 0 aliphatic carbocycles. The number of H-pyrrole nitrogens is 1. The first kappa shape index (κ1) is 16.2. The molecule has 0 radical (unpaired) electrons. The number of aromatic nitrogens is 1. The number of amides is 1. The molecule has 0 aliphatic heterocycles. The van der Waals surface area contributed by atoms with Gasteiger partial charge in [0.15, 0.2) is 0 Å². The molecule has 1 unspecified atom stereocenters. The molecule has 3 N–H and O–H groups in total. The normalized spacial score (nSPS) is 12.1. The monoisotopic (exact) mass is 322 g/mol. The maximum Gasteiger partial charge on any atom is 0.326 e. The highest BCUT2D eigenvalue weighted by molar-refractivity contribution is 7.80. The third-order valence-corrected chi connectivity index (χ3v) is 3.59. The van der Waals surface area contributed by atoms with E-state index >= 15 is 0 Å². The summed E-state index contributed by atoms with van der Waals surface area (Å²) in [6.45, 7) is 0. The number of aliphatic carboxylic acids is 1. The van der Waals surface area contributed by atoms with Crippen molar-refractivity contribution in [1.82, 2.24) is 10.3 Å². The lowest BCUT2D eigenvalue weighted by Crippen LogP contribution is -2.42. The van der Waals surface area contributed by atoms with Crippen molar-refractivity contribution >= 4 is 35.4 Å². The Kier molecular flexibility index (Phi) is 5.32. The summed E-state index contributed by atoms with van der Waals surface area (Å²) in [6, 6.07) is 4.56. The number of carbonyl (C=O) groups is 2. The fourth-order valence-electron chi connectivity index (χ4n) is 2.24. The number of carboxylic acids is 1. The molecule has 0 saturated carbocycles. The van der Waals surface area contributed by atoms with Crippen LogP contribution < -0.4 is 10.1 Å². The molecule has 1 aromatic carbocycles. The van der Waals surface area contributed by atoms with E-state index in [-0.39, 0.29) is 18.7 Å². The summed E-state index contributed by atoms with van der Waals surface area (Å²) in [5.74, 6) is -0.313. The van der Waals surface area contributed by atoms with Gasteiger partial charge in [0.2, 0.25) is 5.91 Å². The predicted molar refractivity (Wildman–Crippen MR) is 86.6 cm³/mol. The van der Waals surface area contributed by atoms with Crippen LogP contribution in [-0.4, -0.2) is 40.9 Å². The van der Waals surface area contributed by atoms with Crippen molar-refractivity contribution in [2.45, 2.75) is 18.9 Å². The van der Waals surface area contributed by atoms with Gasteiger partial charge in [-0.1, -0.05) is 0 Å². The molecular weight excluding hydrogens is 304 g/mol. The number of hydrogen-bond donors (Lipinski definition) is 4. The summed E-state index contributed by atoms with van der Waals surface area (Å²) >= 11 is 3.97. The minimum atomic E-state index is -1.07. The molecule has 22 heavy (non-hydrogen) atoms. The summed E-state index contributed by atoms with van der Waals surface area (Å²) < 4.78 is 5.19. The Hall–Kier alpha value is -2.15. The molecule has 118 valence electrons. The van der Waals surface area contributed by atoms with Crippen LogP contribution in [0.2, 0.25) is 0 Å². The number of rotatable bonds is 7. The van der Waals surface area contributed by atoms with E-state index in [1.54, 1.807) is 13.3 Å². The van der Waals surface area contributed by atoms with Crippen LogP contribution in [0, 0.1) is 0 Å². The van der Waals surface area contributed by atoms with E-state index in [9.17, 15) is 14.7 Å². The van der Waals surface area contributed by atoms with Crippen molar-refractivity contribution in [2.75, 3.05) is 12.9 Å². The first-order valence-electron chi connectivity index (χ1n) is 6.82. The number of aromatic amines is 1. The van der Waals surface area contributed by atoms with Crippen LogP contribution in [0.1, 0.15) is 12.0 Å². The van der Waals surface area contributed by atoms with Crippen LogP contribution in [0.4, 0.5) is 0 Å². The zero-order valence-corrected chi connectivity index (χ0v) is 13.0. The van der Waals surface area contributed by atoms with Crippen LogP contribution in [0.15, 0.2) is 24.4 Å². The van der Waals surface area contributed by atoms with Crippen LogP contribution in [0.3, 0.4) is 0 Å². The molecule has 0 bridgehead atoms. The van der Waals surface area contributed by atoms with E-state index in [0.29, 0.717) is 11.5 Å². The van der Waals surface area contributed by atoms with Crippen molar-refractivity contribution < 1.29 is 19.4 Å². The van der Waals surface area contributed by atoms with E-state index in [2.05, 4.69) is 22.9 Å². The molecule has 1 aromatic heterocycles. The van der Waals surface area contributed by atoms with E-state index in [1.807, 2.05) is 18.2 Å². The number of benzene rings is 1. The molecular formula is C15H18N2O4S. The number of nitrogens with one attached hydrogen (secondary N) is 2. The third-order valence-electron chi connectivity index (χ3n) is 3.37. The second kappa shape index (κ2) is 7.22. The largest absolute Gasteiger partial charge is 0.497 e. The van der Waals surface area contributed by atoms with Gasteiger partial charge in [-0.05, 0) is 29.5 Å². The Balaban J connectivity index is 2.22. The molecule has 1 heterocycles. The van der Waals surface area contributed by atoms with Gasteiger partial charge in [-0.3, -0.25) is 4.79 Å². The molecule has 1 amide bonds. The lowest BCUT2D eigenvalue weighted by Gasteiger charge is -2.14. The molecule has 0 fully saturated rings. The summed E-state index contributed by atoms with van der Waals surface area (Å²) in [7, 11) is 1.57. The maximum atomic E-state index is 11.6. The fourth-order valence-corrected chi connectivity index (χ4v) is 2.44. The Morgan fingerprint density at radius 3 is 2.86 bits per heavy atom. The molecule has 0 spiro atoms. The smallest absolute Gasteiger partial charge is 0.326 e. The van der Waals surface area contributed by atoms with Crippen LogP contribution in [0.5, 0.6) is 5.75 Å². The van der Waals surface area contributed by atoms with Gasteiger partial charge >= 0.3 is 5.97 Å². The number of hydrogen-bond acceptors (Lipinski definition) is 4. The quantitative estimate of drug-likeness (QED) is 0.583. The average molecular weight is 322 g/mol. The topological polar surface area (TPSA) is 91.4 Å². The first-order valence-corrected chi connectivity index (χ1v) is 7.45. The molecule has 7 heteroatoms. The predicted octanol–water partition coefficient (Wildman–Crippen LogP) is 1.61. The van der Waals surface area contributed by atoms with Gasteiger partial charge in [0, 0.05) is 29.9 Å². The van der Waals surface area contributed by atoms with Gasteiger partial charge in [-0.15, -0.1) is 0 Å². The lowest BCUT2D eigenvalue weighted by molar-refractivity contribution is -0.141. The van der Waals surface area contributed by atoms with Gasteiger partial charge < -0.3 is 20.1 Å². The lowest BCUT2D eigenvalue weighted by atomic mass is 10.0. The Bertz CT molecular complexity index is 683. The maximum absolute atomic E-state index is 11.6. The zero-order chi connectivity index (χ0) is 16.1. The summed E-state index contributed by atoms with van der Waals surface area (Å²) in [5.41, 5.74) is 1.70. The molecule has 1 atom stereocenters. The van der Waals surface area contributed by atoms with Crippen molar-refractivity contribution in [2.24, 2.45) is 0 Å². The highest BCUT2D eigenvalue weighted by Gasteiger charge is 2.21. The molecule has 6 nitrogen and oxygen atoms in total. The Labute approximate surface area is 133 Å². The average Bonchev–Trinajstić information content (AvgIpc) is 2.89. The summed E-state index contributed by atoms with van der Waals surface area (Å²) in [5, 5.41) is 12.7. The van der Waals surface area contributed by atoms with Crippen LogP contribution in [-0.2, 0) is 16.0 Å². The van der Waals surface area contributed by atoms with Gasteiger partial charge in [-0.25, -0.2) is 4.79 Å². The zero-order valence-electron chi connectivity index (χ0n) is 12.1. The number of thiol groups is 1. The molecule has 0 saturated heterocycles. The summed E-state index contributed by atoms with van der Waals surface area (Å²) in [6.07, 6.45) is 2.14. The SMILES string of the molecule is COc1ccc2[nH]cc(CC(NC(=O)CCS)C(=O)O)c2c1. The van der Waals surface area contributed by atoms with Crippen molar-refractivity contribution in [3.8, 4) is 5.75 Å².